The van der Waals surface area contributed by atoms with Crippen molar-refractivity contribution in [3.8, 4) is 0 Å². The Morgan fingerprint density at radius 2 is 2.24 bits per heavy atom. The molecule has 2 aromatic heterocycles. The molecule has 2 heterocycles. The summed E-state index contributed by atoms with van der Waals surface area (Å²) in [4.78, 5) is 30.5. The number of hydrogen-bond acceptors (Lipinski definition) is 7. The Labute approximate surface area is 123 Å². The van der Waals surface area contributed by atoms with Crippen molar-refractivity contribution in [2.24, 2.45) is 0 Å². The fraction of sp³-hybridized carbons (Fsp3) is 0.364. The third-order valence-corrected chi connectivity index (χ3v) is 3.61. The molecule has 21 heavy (non-hydrogen) atoms. The zero-order valence-corrected chi connectivity index (χ0v) is 11.9. The predicted octanol–water partition coefficient (Wildman–Crippen LogP) is 0.575. The summed E-state index contributed by atoms with van der Waals surface area (Å²) in [5.74, 6) is -0.572. The van der Waals surface area contributed by atoms with Crippen LogP contribution in [0.1, 0.15) is 26.3 Å². The van der Waals surface area contributed by atoms with Gasteiger partial charge in [-0.05, 0) is 6.92 Å². The number of hydrogen-bond donors (Lipinski definition) is 3. The second-order valence-electron chi connectivity index (χ2n) is 4.02. The van der Waals surface area contributed by atoms with Crippen LogP contribution in [-0.4, -0.2) is 38.8 Å². The number of aryl methyl sites for hydroxylation is 1. The van der Waals surface area contributed by atoms with Crippen molar-refractivity contribution in [3.63, 3.8) is 0 Å². The lowest BCUT2D eigenvalue weighted by Gasteiger charge is -2.04. The molecule has 0 fully saturated rings. The molecule has 3 N–H and O–H groups in total. The van der Waals surface area contributed by atoms with Gasteiger partial charge in [-0.1, -0.05) is 5.16 Å². The number of amides is 2. The van der Waals surface area contributed by atoms with Crippen LogP contribution < -0.4 is 10.6 Å². The molecule has 0 aliphatic heterocycles. The van der Waals surface area contributed by atoms with E-state index < -0.39 is 5.97 Å². The Hall–Kier alpha value is -2.49. The summed E-state index contributed by atoms with van der Waals surface area (Å²) in [6, 6.07) is -0.376. The van der Waals surface area contributed by atoms with Crippen LogP contribution in [0, 0.1) is 6.92 Å². The van der Waals surface area contributed by atoms with Gasteiger partial charge in [-0.15, -0.1) is 11.3 Å². The molecule has 0 unspecified atom stereocenters. The molecule has 0 radical (unpaired) electrons. The molecular formula is C11H13N5O4S. The molecule has 9 nitrogen and oxygen atoms in total. The van der Waals surface area contributed by atoms with Gasteiger partial charge in [0.05, 0.1) is 12.2 Å². The Morgan fingerprint density at radius 1 is 1.43 bits per heavy atom. The average Bonchev–Trinajstić information content (AvgIpc) is 3.06. The van der Waals surface area contributed by atoms with E-state index in [0.29, 0.717) is 29.6 Å². The second kappa shape index (κ2) is 6.79. The van der Waals surface area contributed by atoms with E-state index in [-0.39, 0.29) is 17.5 Å². The molecule has 2 amide bonds. The molecule has 0 saturated heterocycles. The molecule has 0 saturated carbocycles. The minimum absolute atomic E-state index is 0.172. The number of carboxylic acid groups (broad SMARTS) is 1. The number of carbonyl (C=O) groups excluding carboxylic acids is 1. The van der Waals surface area contributed by atoms with Crippen LogP contribution in [0.25, 0.3) is 0 Å². The summed E-state index contributed by atoms with van der Waals surface area (Å²) < 4.78 is 4.79. The Kier molecular flexibility index (Phi) is 4.82. The van der Waals surface area contributed by atoms with Gasteiger partial charge < -0.3 is 20.3 Å². The Morgan fingerprint density at radius 3 is 2.86 bits per heavy atom. The van der Waals surface area contributed by atoms with Gasteiger partial charge in [-0.25, -0.2) is 14.6 Å². The highest BCUT2D eigenvalue weighted by Crippen LogP contribution is 2.17. The number of carbonyl (C=O) groups is 2. The summed E-state index contributed by atoms with van der Waals surface area (Å²) in [6.45, 7) is 2.14. The number of rotatable bonds is 6. The number of urea groups is 1. The lowest BCUT2D eigenvalue weighted by Crippen LogP contribution is -2.36. The Bertz CT molecular complexity index is 625. The van der Waals surface area contributed by atoms with Crippen molar-refractivity contribution in [1.82, 2.24) is 25.8 Å². The maximum absolute atomic E-state index is 11.5. The summed E-state index contributed by atoms with van der Waals surface area (Å²) in [6.07, 6.45) is 1.73. The maximum atomic E-state index is 11.5. The third kappa shape index (κ3) is 4.24. The van der Waals surface area contributed by atoms with Crippen molar-refractivity contribution < 1.29 is 19.2 Å². The molecule has 0 atom stereocenters. The summed E-state index contributed by atoms with van der Waals surface area (Å²) in [5.41, 5.74) is 0.445. The van der Waals surface area contributed by atoms with Crippen molar-refractivity contribution in [2.75, 3.05) is 6.54 Å². The molecule has 112 valence electrons. The van der Waals surface area contributed by atoms with Crippen LogP contribution in [0.5, 0.6) is 0 Å². The molecule has 2 aromatic rings. The van der Waals surface area contributed by atoms with E-state index in [1.165, 1.54) is 6.33 Å². The van der Waals surface area contributed by atoms with E-state index in [4.69, 9.17) is 9.63 Å². The van der Waals surface area contributed by atoms with Crippen LogP contribution in [-0.2, 0) is 13.0 Å². The number of nitrogens with one attached hydrogen (secondary N) is 2. The first-order valence-corrected chi connectivity index (χ1v) is 6.84. The van der Waals surface area contributed by atoms with Crippen molar-refractivity contribution in [2.45, 2.75) is 19.9 Å². The Balaban J connectivity index is 1.73. The predicted molar refractivity (Wildman–Crippen MR) is 72.1 cm³/mol. The van der Waals surface area contributed by atoms with Crippen LogP contribution in [0.4, 0.5) is 4.79 Å². The van der Waals surface area contributed by atoms with Gasteiger partial charge in [0, 0.05) is 13.0 Å². The van der Waals surface area contributed by atoms with E-state index in [9.17, 15) is 9.59 Å². The molecule has 0 aliphatic rings. The number of carboxylic acids is 1. The first-order valence-electron chi connectivity index (χ1n) is 6.03. The van der Waals surface area contributed by atoms with E-state index in [1.54, 1.807) is 6.92 Å². The molecule has 10 heteroatoms. The van der Waals surface area contributed by atoms with Crippen LogP contribution in [0.3, 0.4) is 0 Å². The fourth-order valence-corrected chi connectivity index (χ4v) is 2.38. The first kappa shape index (κ1) is 14.9. The molecule has 2 rings (SSSR count). The molecule has 0 aromatic carbocycles. The first-order chi connectivity index (χ1) is 10.1. The standard InChI is InChI=1S/C11H13N5O4S/c1-6-9(10(17)18)21-8(16-6)4-13-11(19)12-3-2-7-14-5-15-20-7/h5H,2-4H2,1H3,(H,17,18)(H2,12,13,19). The zero-order chi connectivity index (χ0) is 15.2. The second-order valence-corrected chi connectivity index (χ2v) is 5.11. The topological polar surface area (TPSA) is 130 Å². The lowest BCUT2D eigenvalue weighted by molar-refractivity contribution is 0.0701. The van der Waals surface area contributed by atoms with Crippen LogP contribution >= 0.6 is 11.3 Å². The van der Waals surface area contributed by atoms with Gasteiger partial charge in [-0.3, -0.25) is 0 Å². The minimum Gasteiger partial charge on any atom is -0.477 e. The largest absolute Gasteiger partial charge is 0.477 e. The minimum atomic E-state index is -1.01. The van der Waals surface area contributed by atoms with Gasteiger partial charge in [0.1, 0.15) is 9.88 Å². The summed E-state index contributed by atoms with van der Waals surface area (Å²) in [5, 5.41) is 18.1. The number of aromatic carboxylic acids is 1. The van der Waals surface area contributed by atoms with Gasteiger partial charge in [0.2, 0.25) is 5.89 Å². The van der Waals surface area contributed by atoms with E-state index in [2.05, 4.69) is 25.8 Å². The maximum Gasteiger partial charge on any atom is 0.347 e. The van der Waals surface area contributed by atoms with E-state index in [1.807, 2.05) is 0 Å². The molecular weight excluding hydrogens is 298 g/mol. The quantitative estimate of drug-likeness (QED) is 0.711. The van der Waals surface area contributed by atoms with E-state index in [0.717, 1.165) is 11.3 Å². The molecule has 0 spiro atoms. The normalized spacial score (nSPS) is 10.3. The van der Waals surface area contributed by atoms with Crippen molar-refractivity contribution in [1.29, 1.82) is 0 Å². The smallest absolute Gasteiger partial charge is 0.347 e. The van der Waals surface area contributed by atoms with Crippen molar-refractivity contribution in [3.05, 3.63) is 27.8 Å². The van der Waals surface area contributed by atoms with Crippen LogP contribution in [0.15, 0.2) is 10.9 Å². The number of thiazole rings is 1. The highest BCUT2D eigenvalue weighted by atomic mass is 32.1. The zero-order valence-electron chi connectivity index (χ0n) is 11.1. The SMILES string of the molecule is Cc1nc(CNC(=O)NCCc2ncno2)sc1C(=O)O. The van der Waals surface area contributed by atoms with Gasteiger partial charge in [0.15, 0.2) is 6.33 Å². The average molecular weight is 311 g/mol. The third-order valence-electron chi connectivity index (χ3n) is 2.47. The monoisotopic (exact) mass is 311 g/mol. The van der Waals surface area contributed by atoms with Gasteiger partial charge in [0.25, 0.3) is 0 Å². The van der Waals surface area contributed by atoms with Crippen molar-refractivity contribution >= 4 is 23.3 Å². The van der Waals surface area contributed by atoms with E-state index >= 15 is 0 Å². The van der Waals surface area contributed by atoms with Gasteiger partial charge in [-0.2, -0.15) is 4.98 Å². The van der Waals surface area contributed by atoms with Gasteiger partial charge >= 0.3 is 12.0 Å². The molecule has 0 bridgehead atoms. The highest BCUT2D eigenvalue weighted by molar-refractivity contribution is 7.13. The lowest BCUT2D eigenvalue weighted by atomic mass is 10.4. The summed E-state index contributed by atoms with van der Waals surface area (Å²) in [7, 11) is 0. The molecule has 0 aliphatic carbocycles. The summed E-state index contributed by atoms with van der Waals surface area (Å²) >= 11 is 1.05. The van der Waals surface area contributed by atoms with Crippen LogP contribution in [0.2, 0.25) is 0 Å². The fourth-order valence-electron chi connectivity index (χ4n) is 1.53. The number of nitrogens with zero attached hydrogens (tertiary/aromatic N) is 3. The highest BCUT2D eigenvalue weighted by Gasteiger charge is 2.14. The number of aromatic nitrogens is 3.